The van der Waals surface area contributed by atoms with E-state index in [1.807, 2.05) is 37.3 Å². The molecule has 0 heterocycles. The lowest BCUT2D eigenvalue weighted by molar-refractivity contribution is -0.149. The molecule has 1 aromatic rings. The largest absolute Gasteiger partial charge is 0.461 e. The summed E-state index contributed by atoms with van der Waals surface area (Å²) in [5.41, 5.74) is 1.04. The normalized spacial score (nSPS) is 17.6. The SMILES string of the molecule is CC(CNC1CCCCC1)C(=O)OCc1ccccc1. The molecular weight excluding hydrogens is 250 g/mol. The van der Waals surface area contributed by atoms with Gasteiger partial charge in [0.15, 0.2) is 0 Å². The van der Waals surface area contributed by atoms with Crippen LogP contribution in [0.2, 0.25) is 0 Å². The Kier molecular flexibility index (Phi) is 6.06. The molecule has 1 unspecified atom stereocenters. The first kappa shape index (κ1) is 15.0. The van der Waals surface area contributed by atoms with Crippen LogP contribution in [0.25, 0.3) is 0 Å². The minimum Gasteiger partial charge on any atom is -0.461 e. The number of benzene rings is 1. The standard InChI is InChI=1S/C17H25NO2/c1-14(12-18-16-10-6-3-7-11-16)17(19)20-13-15-8-4-2-5-9-15/h2,4-5,8-9,14,16,18H,3,6-7,10-13H2,1H3. The van der Waals surface area contributed by atoms with Crippen molar-refractivity contribution in [2.24, 2.45) is 5.92 Å². The van der Waals surface area contributed by atoms with Crippen molar-refractivity contribution in [2.45, 2.75) is 51.7 Å². The van der Waals surface area contributed by atoms with Crippen LogP contribution >= 0.6 is 0 Å². The van der Waals surface area contributed by atoms with Gasteiger partial charge in [-0.05, 0) is 18.4 Å². The van der Waals surface area contributed by atoms with Crippen LogP contribution in [0.5, 0.6) is 0 Å². The number of rotatable bonds is 6. The highest BCUT2D eigenvalue weighted by atomic mass is 16.5. The molecule has 3 heteroatoms. The van der Waals surface area contributed by atoms with Gasteiger partial charge in [-0.3, -0.25) is 4.79 Å². The predicted octanol–water partition coefficient (Wildman–Crippen LogP) is 3.29. The van der Waals surface area contributed by atoms with Crippen LogP contribution in [0.3, 0.4) is 0 Å². The van der Waals surface area contributed by atoms with Gasteiger partial charge in [-0.15, -0.1) is 0 Å². The number of carbonyl (C=O) groups is 1. The van der Waals surface area contributed by atoms with Crippen molar-refractivity contribution in [1.82, 2.24) is 5.32 Å². The van der Waals surface area contributed by atoms with Crippen LogP contribution in [0.15, 0.2) is 30.3 Å². The Morgan fingerprint density at radius 1 is 1.25 bits per heavy atom. The highest BCUT2D eigenvalue weighted by molar-refractivity contribution is 5.72. The molecule has 1 aliphatic carbocycles. The van der Waals surface area contributed by atoms with Gasteiger partial charge in [-0.25, -0.2) is 0 Å². The molecule has 110 valence electrons. The first-order valence-electron chi connectivity index (χ1n) is 7.69. The van der Waals surface area contributed by atoms with E-state index in [0.717, 1.165) is 12.1 Å². The summed E-state index contributed by atoms with van der Waals surface area (Å²) < 4.78 is 5.35. The summed E-state index contributed by atoms with van der Waals surface area (Å²) >= 11 is 0. The summed E-state index contributed by atoms with van der Waals surface area (Å²) in [5, 5.41) is 3.50. The number of ether oxygens (including phenoxy) is 1. The fourth-order valence-electron chi connectivity index (χ4n) is 2.60. The smallest absolute Gasteiger partial charge is 0.310 e. The maximum Gasteiger partial charge on any atom is 0.310 e. The molecular formula is C17H25NO2. The zero-order valence-corrected chi connectivity index (χ0v) is 12.3. The summed E-state index contributed by atoms with van der Waals surface area (Å²) in [6, 6.07) is 10.4. The molecule has 20 heavy (non-hydrogen) atoms. The van der Waals surface area contributed by atoms with Crippen LogP contribution in [0, 0.1) is 5.92 Å². The van der Waals surface area contributed by atoms with Gasteiger partial charge in [0.05, 0.1) is 5.92 Å². The lowest BCUT2D eigenvalue weighted by Gasteiger charge is -2.24. The van der Waals surface area contributed by atoms with E-state index in [0.29, 0.717) is 12.6 Å². The molecule has 0 amide bonds. The summed E-state index contributed by atoms with van der Waals surface area (Å²) in [4.78, 5) is 11.9. The molecule has 0 aromatic heterocycles. The van der Waals surface area contributed by atoms with Gasteiger partial charge in [-0.2, -0.15) is 0 Å². The first-order chi connectivity index (χ1) is 9.75. The van der Waals surface area contributed by atoms with Crippen LogP contribution in [0.4, 0.5) is 0 Å². The van der Waals surface area contributed by atoms with Gasteiger partial charge in [0.25, 0.3) is 0 Å². The molecule has 0 bridgehead atoms. The summed E-state index contributed by atoms with van der Waals surface area (Å²) in [5.74, 6) is -0.196. The van der Waals surface area contributed by atoms with E-state index in [4.69, 9.17) is 4.74 Å². The van der Waals surface area contributed by atoms with Gasteiger partial charge in [0, 0.05) is 12.6 Å². The van der Waals surface area contributed by atoms with Gasteiger partial charge >= 0.3 is 5.97 Å². The molecule has 0 spiro atoms. The Morgan fingerprint density at radius 2 is 1.95 bits per heavy atom. The minimum absolute atomic E-state index is 0.0827. The summed E-state index contributed by atoms with van der Waals surface area (Å²) in [6.45, 7) is 3.02. The number of hydrogen-bond acceptors (Lipinski definition) is 3. The van der Waals surface area contributed by atoms with Gasteiger partial charge in [-0.1, -0.05) is 56.5 Å². The van der Waals surface area contributed by atoms with Gasteiger partial charge in [0.1, 0.15) is 6.61 Å². The zero-order chi connectivity index (χ0) is 14.2. The second kappa shape index (κ2) is 8.05. The van der Waals surface area contributed by atoms with Crippen molar-refractivity contribution < 1.29 is 9.53 Å². The number of carbonyl (C=O) groups excluding carboxylic acids is 1. The molecule has 1 N–H and O–H groups in total. The zero-order valence-electron chi connectivity index (χ0n) is 12.3. The molecule has 1 saturated carbocycles. The van der Waals surface area contributed by atoms with E-state index in [-0.39, 0.29) is 11.9 Å². The summed E-state index contributed by atoms with van der Waals surface area (Å²) in [6.07, 6.45) is 6.46. The maximum atomic E-state index is 11.9. The van der Waals surface area contributed by atoms with Crippen LogP contribution in [-0.2, 0) is 16.1 Å². The third-order valence-electron chi connectivity index (χ3n) is 3.94. The van der Waals surface area contributed by atoms with Crippen LogP contribution < -0.4 is 5.32 Å². The monoisotopic (exact) mass is 275 g/mol. The lowest BCUT2D eigenvalue weighted by Crippen LogP contribution is -2.36. The number of esters is 1. The van der Waals surface area contributed by atoms with Crippen LogP contribution in [-0.4, -0.2) is 18.6 Å². The Morgan fingerprint density at radius 3 is 2.65 bits per heavy atom. The van der Waals surface area contributed by atoms with Crippen molar-refractivity contribution in [3.8, 4) is 0 Å². The molecule has 0 aliphatic heterocycles. The van der Waals surface area contributed by atoms with Gasteiger partial charge < -0.3 is 10.1 Å². The van der Waals surface area contributed by atoms with E-state index in [1.165, 1.54) is 32.1 Å². The third kappa shape index (κ3) is 4.97. The Bertz CT molecular complexity index is 399. The highest BCUT2D eigenvalue weighted by Gasteiger charge is 2.18. The average Bonchev–Trinajstić information content (AvgIpc) is 2.52. The highest BCUT2D eigenvalue weighted by Crippen LogP contribution is 2.17. The van der Waals surface area contributed by atoms with E-state index in [1.54, 1.807) is 0 Å². The average molecular weight is 275 g/mol. The number of nitrogens with one attached hydrogen (secondary N) is 1. The Hall–Kier alpha value is -1.35. The second-order valence-corrected chi connectivity index (χ2v) is 5.74. The maximum absolute atomic E-state index is 11.9. The van der Waals surface area contributed by atoms with E-state index < -0.39 is 0 Å². The fraction of sp³-hybridized carbons (Fsp3) is 0.588. The van der Waals surface area contributed by atoms with E-state index in [2.05, 4.69) is 5.32 Å². The van der Waals surface area contributed by atoms with E-state index >= 15 is 0 Å². The number of hydrogen-bond donors (Lipinski definition) is 1. The van der Waals surface area contributed by atoms with E-state index in [9.17, 15) is 4.79 Å². The molecule has 2 rings (SSSR count). The van der Waals surface area contributed by atoms with Crippen molar-refractivity contribution >= 4 is 5.97 Å². The van der Waals surface area contributed by atoms with Crippen molar-refractivity contribution in [3.05, 3.63) is 35.9 Å². The molecule has 0 saturated heterocycles. The molecule has 1 atom stereocenters. The lowest BCUT2D eigenvalue weighted by atomic mass is 9.95. The topological polar surface area (TPSA) is 38.3 Å². The van der Waals surface area contributed by atoms with Crippen molar-refractivity contribution in [1.29, 1.82) is 0 Å². The minimum atomic E-state index is -0.114. The second-order valence-electron chi connectivity index (χ2n) is 5.74. The fourth-order valence-corrected chi connectivity index (χ4v) is 2.60. The Labute approximate surface area is 121 Å². The predicted molar refractivity (Wildman–Crippen MR) is 80.3 cm³/mol. The quantitative estimate of drug-likeness (QED) is 0.810. The summed E-state index contributed by atoms with van der Waals surface area (Å²) in [7, 11) is 0. The third-order valence-corrected chi connectivity index (χ3v) is 3.94. The van der Waals surface area contributed by atoms with Gasteiger partial charge in [0.2, 0.25) is 0 Å². The molecule has 1 aliphatic rings. The molecule has 0 radical (unpaired) electrons. The van der Waals surface area contributed by atoms with Crippen molar-refractivity contribution in [2.75, 3.05) is 6.54 Å². The first-order valence-corrected chi connectivity index (χ1v) is 7.69. The molecule has 1 aromatic carbocycles. The Balaban J connectivity index is 1.66. The van der Waals surface area contributed by atoms with Crippen LogP contribution in [0.1, 0.15) is 44.6 Å². The molecule has 3 nitrogen and oxygen atoms in total. The molecule has 1 fully saturated rings. The van der Waals surface area contributed by atoms with Crippen molar-refractivity contribution in [3.63, 3.8) is 0 Å².